The van der Waals surface area contributed by atoms with Gasteiger partial charge >= 0.3 is 6.36 Å². The topological polar surface area (TPSA) is 81.5 Å². The van der Waals surface area contributed by atoms with Gasteiger partial charge in [0.25, 0.3) is 0 Å². The molecule has 12 heteroatoms. The number of hydrogen-bond acceptors (Lipinski definition) is 5. The van der Waals surface area contributed by atoms with Crippen LogP contribution < -0.4 is 0 Å². The summed E-state index contributed by atoms with van der Waals surface area (Å²) in [6, 6.07) is 4.41. The Morgan fingerprint density at radius 3 is 2.75 bits per heavy atom. The van der Waals surface area contributed by atoms with E-state index in [9.17, 15) is 17.6 Å². The van der Waals surface area contributed by atoms with E-state index in [0.717, 1.165) is 6.20 Å². The first-order valence-electron chi connectivity index (χ1n) is 9.62. The van der Waals surface area contributed by atoms with E-state index >= 15 is 4.39 Å². The highest BCUT2D eigenvalue weighted by Gasteiger charge is 2.42. The fourth-order valence-corrected chi connectivity index (χ4v) is 3.95. The molecular weight excluding hydrogens is 435 g/mol. The van der Waals surface area contributed by atoms with Gasteiger partial charge in [0, 0.05) is 22.8 Å². The van der Waals surface area contributed by atoms with Gasteiger partial charge in [-0.05, 0) is 36.6 Å². The summed E-state index contributed by atoms with van der Waals surface area (Å²) < 4.78 is 71.2. The average Bonchev–Trinajstić information content (AvgIpc) is 3.36. The molecule has 5 rings (SSSR count). The first-order chi connectivity index (χ1) is 15.2. The predicted octanol–water partition coefficient (Wildman–Crippen LogP) is 4.21. The maximum atomic E-state index is 15.2. The summed E-state index contributed by atoms with van der Waals surface area (Å²) in [5.41, 5.74) is 0.917. The van der Waals surface area contributed by atoms with E-state index in [1.54, 1.807) is 18.5 Å². The molecule has 0 spiro atoms. The summed E-state index contributed by atoms with van der Waals surface area (Å²) >= 11 is 0. The number of fused-ring (bicyclic) bond motifs is 2. The summed E-state index contributed by atoms with van der Waals surface area (Å²) in [7, 11) is 0. The van der Waals surface area contributed by atoms with Crippen LogP contribution in [0.1, 0.15) is 12.1 Å². The lowest BCUT2D eigenvalue weighted by Gasteiger charge is -2.30. The number of aromatic nitrogens is 6. The highest BCUT2D eigenvalue weighted by atomic mass is 19.4. The number of ether oxygens (including phenoxy) is 1. The van der Waals surface area contributed by atoms with Gasteiger partial charge in [-0.15, -0.1) is 13.2 Å². The van der Waals surface area contributed by atoms with Gasteiger partial charge < -0.3 is 0 Å². The Morgan fingerprint density at radius 1 is 1.16 bits per heavy atom. The zero-order valence-electron chi connectivity index (χ0n) is 16.3. The van der Waals surface area contributed by atoms with Gasteiger partial charge in [-0.3, -0.25) is 19.5 Å². The van der Waals surface area contributed by atoms with Gasteiger partial charge in [-0.1, -0.05) is 0 Å². The van der Waals surface area contributed by atoms with Gasteiger partial charge in [0.1, 0.15) is 11.5 Å². The Bertz CT molecular complexity index is 1280. The molecule has 0 aromatic carbocycles. The fourth-order valence-electron chi connectivity index (χ4n) is 3.95. The van der Waals surface area contributed by atoms with Crippen molar-refractivity contribution in [2.24, 2.45) is 0 Å². The minimum absolute atomic E-state index is 0.114. The van der Waals surface area contributed by atoms with Crippen molar-refractivity contribution in [3.8, 4) is 22.5 Å². The Labute approximate surface area is 177 Å². The molecule has 0 saturated carbocycles. The third-order valence-electron chi connectivity index (χ3n) is 5.39. The smallest absolute Gasteiger partial charge is 0.288 e. The van der Waals surface area contributed by atoms with Crippen molar-refractivity contribution in [3.05, 3.63) is 48.3 Å². The lowest BCUT2D eigenvalue weighted by atomic mass is 9.91. The number of alkyl halides is 4. The second-order valence-electron chi connectivity index (χ2n) is 7.57. The van der Waals surface area contributed by atoms with Crippen LogP contribution in [0, 0.1) is 5.82 Å². The molecule has 5 heterocycles. The minimum atomic E-state index is -4.93. The van der Waals surface area contributed by atoms with E-state index in [-0.39, 0.29) is 12.8 Å². The van der Waals surface area contributed by atoms with E-state index in [0.29, 0.717) is 39.2 Å². The lowest BCUT2D eigenvalue weighted by molar-refractivity contribution is -0.335. The normalized spacial score (nSPS) is 18.8. The van der Waals surface area contributed by atoms with Gasteiger partial charge in [-0.25, -0.2) is 13.8 Å². The maximum absolute atomic E-state index is 15.2. The summed E-state index contributed by atoms with van der Waals surface area (Å²) in [4.78, 5) is 8.31. The zero-order chi connectivity index (χ0) is 22.5. The van der Waals surface area contributed by atoms with Crippen LogP contribution >= 0.6 is 0 Å². The molecule has 0 saturated heterocycles. The van der Waals surface area contributed by atoms with Gasteiger partial charge in [0.2, 0.25) is 0 Å². The molecule has 7 nitrogen and oxygen atoms in total. The van der Waals surface area contributed by atoms with Crippen molar-refractivity contribution in [3.63, 3.8) is 0 Å². The quantitative estimate of drug-likeness (QED) is 0.471. The summed E-state index contributed by atoms with van der Waals surface area (Å²) in [6.45, 7) is -1.55. The Hall–Kier alpha value is -3.41. The second kappa shape index (κ2) is 7.33. The maximum Gasteiger partial charge on any atom is 0.522 e. The van der Waals surface area contributed by atoms with E-state index < -0.39 is 31.0 Å². The van der Waals surface area contributed by atoms with Crippen LogP contribution in [0.2, 0.25) is 0 Å². The molecule has 0 bridgehead atoms. The molecular formula is C20H15F5N6O. The Morgan fingerprint density at radius 2 is 2.00 bits per heavy atom. The van der Waals surface area contributed by atoms with Crippen LogP contribution in [0.25, 0.3) is 33.5 Å². The number of aromatic amines is 1. The number of rotatable bonds is 4. The molecule has 1 atom stereocenters. The first kappa shape index (κ1) is 20.5. The molecule has 1 N–H and O–H groups in total. The van der Waals surface area contributed by atoms with Crippen LogP contribution in [0.3, 0.4) is 0 Å². The van der Waals surface area contributed by atoms with Crippen LogP contribution in [-0.2, 0) is 17.7 Å². The highest BCUT2D eigenvalue weighted by Crippen LogP contribution is 2.41. The molecule has 0 amide bonds. The highest BCUT2D eigenvalue weighted by molar-refractivity contribution is 5.97. The number of halogens is 5. The van der Waals surface area contributed by atoms with E-state index in [1.165, 1.54) is 16.8 Å². The second-order valence-corrected chi connectivity index (χ2v) is 7.57. The molecule has 4 aromatic rings. The minimum Gasteiger partial charge on any atom is -0.288 e. The third kappa shape index (κ3) is 3.70. The van der Waals surface area contributed by atoms with Crippen LogP contribution in [-0.4, -0.2) is 48.6 Å². The van der Waals surface area contributed by atoms with E-state index in [1.807, 2.05) is 0 Å². The van der Waals surface area contributed by atoms with Crippen molar-refractivity contribution in [2.45, 2.75) is 31.4 Å². The van der Waals surface area contributed by atoms with Crippen LogP contribution in [0.15, 0.2) is 36.8 Å². The molecule has 1 aliphatic rings. The van der Waals surface area contributed by atoms with Crippen molar-refractivity contribution in [2.75, 3.05) is 6.61 Å². The van der Waals surface area contributed by atoms with Crippen molar-refractivity contribution < 1.29 is 26.7 Å². The standard InChI is InChI=1S/C20H15F5N6O/c21-11-1-2-14(27-7-11)17-16(12-4-6-26-18-13(12)8-28-29-18)15-3-5-19(22,9-31(15)30-17)10-32-20(23,24)25/h1-2,4,6-8H,3,5,9-10H2,(H,26,28,29)/t19-/m1/s1. The Balaban J connectivity index is 1.64. The first-order valence-corrected chi connectivity index (χ1v) is 9.62. The van der Waals surface area contributed by atoms with Gasteiger partial charge in [0.15, 0.2) is 11.3 Å². The molecule has 0 unspecified atom stereocenters. The molecule has 166 valence electrons. The zero-order valence-corrected chi connectivity index (χ0v) is 16.3. The third-order valence-corrected chi connectivity index (χ3v) is 5.39. The molecule has 4 aromatic heterocycles. The van der Waals surface area contributed by atoms with Gasteiger partial charge in [-0.2, -0.15) is 10.2 Å². The number of hydrogen-bond donors (Lipinski definition) is 1. The molecule has 0 aliphatic carbocycles. The molecule has 0 fully saturated rings. The monoisotopic (exact) mass is 450 g/mol. The van der Waals surface area contributed by atoms with Crippen molar-refractivity contribution in [1.29, 1.82) is 0 Å². The van der Waals surface area contributed by atoms with Crippen LogP contribution in [0.4, 0.5) is 22.0 Å². The van der Waals surface area contributed by atoms with E-state index in [2.05, 4.69) is 30.0 Å². The largest absolute Gasteiger partial charge is 0.522 e. The molecule has 1 aliphatic heterocycles. The average molecular weight is 450 g/mol. The Kier molecular flexibility index (Phi) is 4.69. The number of nitrogens with zero attached hydrogens (tertiary/aromatic N) is 5. The van der Waals surface area contributed by atoms with Crippen LogP contribution in [0.5, 0.6) is 0 Å². The summed E-state index contributed by atoms with van der Waals surface area (Å²) in [5, 5.41) is 11.9. The molecule has 32 heavy (non-hydrogen) atoms. The lowest BCUT2D eigenvalue weighted by Crippen LogP contribution is -2.41. The number of pyridine rings is 2. The van der Waals surface area contributed by atoms with Crippen molar-refractivity contribution >= 4 is 11.0 Å². The van der Waals surface area contributed by atoms with Crippen molar-refractivity contribution in [1.82, 2.24) is 29.9 Å². The fraction of sp³-hybridized carbons (Fsp3) is 0.300. The summed E-state index contributed by atoms with van der Waals surface area (Å²) in [5.74, 6) is -0.535. The predicted molar refractivity (Wildman–Crippen MR) is 102 cm³/mol. The SMILES string of the molecule is Fc1ccc(-c2nn3c(c2-c2ccnc4[nH]ncc24)CC[C@](F)(COC(F)(F)F)C3)nc1. The van der Waals surface area contributed by atoms with E-state index in [4.69, 9.17) is 0 Å². The number of nitrogens with one attached hydrogen (secondary N) is 1. The molecule has 0 radical (unpaired) electrons. The number of H-pyrrole nitrogens is 1. The summed E-state index contributed by atoms with van der Waals surface area (Å²) in [6.07, 6.45) is -0.805. The van der Waals surface area contributed by atoms with Gasteiger partial charge in [0.05, 0.1) is 31.2 Å².